The first-order valence-electron chi connectivity index (χ1n) is 6.55. The van der Waals surface area contributed by atoms with Crippen molar-refractivity contribution in [3.8, 4) is 0 Å². The first-order valence-corrected chi connectivity index (χ1v) is 8.38. The van der Waals surface area contributed by atoms with Crippen LogP contribution in [0.15, 0.2) is 0 Å². The van der Waals surface area contributed by atoms with Gasteiger partial charge in [-0.05, 0) is 26.5 Å². The zero-order valence-corrected chi connectivity index (χ0v) is 13.7. The number of aromatic nitrogens is 4. The number of thioether (sulfide) groups is 1. The van der Waals surface area contributed by atoms with Crippen molar-refractivity contribution in [1.29, 1.82) is 0 Å². The van der Waals surface area contributed by atoms with Gasteiger partial charge in [0.15, 0.2) is 5.65 Å². The second-order valence-corrected chi connectivity index (χ2v) is 6.42. The molecule has 0 saturated carbocycles. The van der Waals surface area contributed by atoms with E-state index in [9.17, 15) is 0 Å². The zero-order valence-electron chi connectivity index (χ0n) is 12.1. The molecule has 0 aliphatic heterocycles. The molecule has 0 bridgehead atoms. The van der Waals surface area contributed by atoms with Crippen LogP contribution in [0.3, 0.4) is 0 Å². The molecule has 2 aromatic heterocycles. The summed E-state index contributed by atoms with van der Waals surface area (Å²) in [5.41, 5.74) is 3.03. The number of aryl methyl sites for hydroxylation is 2. The maximum absolute atomic E-state index is 6.32. The topological polar surface area (TPSA) is 35.6 Å². The van der Waals surface area contributed by atoms with Gasteiger partial charge in [-0.3, -0.25) is 4.68 Å². The monoisotopic (exact) mass is 300 g/mol. The summed E-state index contributed by atoms with van der Waals surface area (Å²) in [4.78, 5) is 4.72. The third kappa shape index (κ3) is 2.50. The minimum Gasteiger partial charge on any atom is -0.308 e. The van der Waals surface area contributed by atoms with Gasteiger partial charge in [-0.15, -0.1) is 11.6 Å². The zero-order chi connectivity index (χ0) is 14.2. The smallest absolute Gasteiger partial charge is 0.158 e. The number of nitrogens with zero attached hydrogens (tertiary/aromatic N) is 4. The molecule has 0 aliphatic rings. The van der Waals surface area contributed by atoms with Gasteiger partial charge < -0.3 is 4.57 Å². The van der Waals surface area contributed by atoms with E-state index in [-0.39, 0.29) is 5.38 Å². The van der Waals surface area contributed by atoms with Crippen LogP contribution >= 0.6 is 23.4 Å². The fourth-order valence-corrected chi connectivity index (χ4v) is 3.44. The molecule has 0 aromatic carbocycles. The molecule has 0 fully saturated rings. The van der Waals surface area contributed by atoms with E-state index in [1.54, 1.807) is 0 Å². The van der Waals surface area contributed by atoms with E-state index in [2.05, 4.69) is 22.8 Å². The molecule has 2 rings (SSSR count). The van der Waals surface area contributed by atoms with E-state index in [1.807, 2.05) is 37.3 Å². The van der Waals surface area contributed by atoms with Gasteiger partial charge in [0.25, 0.3) is 0 Å². The Balaban J connectivity index is 2.69. The van der Waals surface area contributed by atoms with Crippen LogP contribution in [0.5, 0.6) is 0 Å². The third-order valence-corrected chi connectivity index (χ3v) is 4.33. The molecule has 4 nitrogen and oxygen atoms in total. The highest BCUT2D eigenvalue weighted by Gasteiger charge is 2.24. The molecule has 2 heterocycles. The van der Waals surface area contributed by atoms with Crippen molar-refractivity contribution in [3.05, 3.63) is 11.5 Å². The third-order valence-electron chi connectivity index (χ3n) is 3.41. The van der Waals surface area contributed by atoms with Gasteiger partial charge >= 0.3 is 0 Å². The molecular formula is C13H21ClN4S. The van der Waals surface area contributed by atoms with E-state index < -0.39 is 0 Å². The molecule has 0 aliphatic carbocycles. The van der Waals surface area contributed by atoms with Gasteiger partial charge in [-0.25, -0.2) is 4.98 Å². The lowest BCUT2D eigenvalue weighted by Gasteiger charge is -2.20. The summed E-state index contributed by atoms with van der Waals surface area (Å²) in [5, 5.41) is 4.38. The number of rotatable bonds is 5. The van der Waals surface area contributed by atoms with E-state index in [1.165, 1.54) is 0 Å². The van der Waals surface area contributed by atoms with Gasteiger partial charge in [0, 0.05) is 18.8 Å². The fourth-order valence-electron chi connectivity index (χ4n) is 2.52. The molecule has 2 aromatic rings. The SMILES string of the molecule is CCC(CSC)n1c(C(C)Cl)nc2c(C)nn(C)c21. The Morgan fingerprint density at radius 3 is 2.63 bits per heavy atom. The van der Waals surface area contributed by atoms with Crippen LogP contribution < -0.4 is 0 Å². The molecule has 6 heteroatoms. The van der Waals surface area contributed by atoms with Gasteiger partial charge in [0.2, 0.25) is 0 Å². The molecule has 0 amide bonds. The standard InChI is InChI=1S/C13H21ClN4S/c1-6-10(7-19-5)18-12(8(2)14)15-11-9(3)16-17(4)13(11)18/h8,10H,6-7H2,1-5H3. The van der Waals surface area contributed by atoms with E-state index in [4.69, 9.17) is 16.6 Å². The maximum Gasteiger partial charge on any atom is 0.158 e. The Hall–Kier alpha value is -0.680. The average Bonchev–Trinajstić information content (AvgIpc) is 2.86. The Labute approximate surface area is 123 Å². The van der Waals surface area contributed by atoms with Gasteiger partial charge in [-0.1, -0.05) is 6.92 Å². The van der Waals surface area contributed by atoms with Gasteiger partial charge in [0.05, 0.1) is 11.1 Å². The van der Waals surface area contributed by atoms with Crippen LogP contribution in [0.25, 0.3) is 11.2 Å². The summed E-state index contributed by atoms with van der Waals surface area (Å²) in [6.07, 6.45) is 3.20. The van der Waals surface area contributed by atoms with Crippen molar-refractivity contribution >= 4 is 34.5 Å². The highest BCUT2D eigenvalue weighted by molar-refractivity contribution is 7.98. The average molecular weight is 301 g/mol. The predicted molar refractivity (Wildman–Crippen MR) is 83.2 cm³/mol. The lowest BCUT2D eigenvalue weighted by atomic mass is 10.2. The number of halogens is 1. The summed E-state index contributed by atoms with van der Waals surface area (Å²) in [7, 11) is 1.97. The molecule has 0 spiro atoms. The molecule has 0 radical (unpaired) electrons. The van der Waals surface area contributed by atoms with Crippen molar-refractivity contribution in [2.45, 2.75) is 38.6 Å². The van der Waals surface area contributed by atoms with Crippen LogP contribution in [0.4, 0.5) is 0 Å². The summed E-state index contributed by atoms with van der Waals surface area (Å²) < 4.78 is 4.20. The van der Waals surface area contributed by atoms with Crippen molar-refractivity contribution in [2.75, 3.05) is 12.0 Å². The number of fused-ring (bicyclic) bond motifs is 1. The van der Waals surface area contributed by atoms with Crippen LogP contribution in [-0.2, 0) is 7.05 Å². The minimum absolute atomic E-state index is 0.0947. The number of alkyl halides is 1. The van der Waals surface area contributed by atoms with Crippen LogP contribution in [0.1, 0.15) is 43.2 Å². The van der Waals surface area contributed by atoms with Crippen LogP contribution in [0.2, 0.25) is 0 Å². The molecule has 2 atom stereocenters. The Morgan fingerprint density at radius 1 is 1.42 bits per heavy atom. The van der Waals surface area contributed by atoms with Gasteiger partial charge in [0.1, 0.15) is 11.3 Å². The fraction of sp³-hybridized carbons (Fsp3) is 0.692. The summed E-state index contributed by atoms with van der Waals surface area (Å²) >= 11 is 8.18. The Morgan fingerprint density at radius 2 is 2.11 bits per heavy atom. The summed E-state index contributed by atoms with van der Waals surface area (Å²) in [6.45, 7) is 6.18. The van der Waals surface area contributed by atoms with Crippen molar-refractivity contribution in [3.63, 3.8) is 0 Å². The van der Waals surface area contributed by atoms with Crippen molar-refractivity contribution in [2.24, 2.45) is 7.05 Å². The minimum atomic E-state index is -0.0947. The highest BCUT2D eigenvalue weighted by Crippen LogP contribution is 2.31. The van der Waals surface area contributed by atoms with E-state index in [0.29, 0.717) is 6.04 Å². The molecule has 0 saturated heterocycles. The molecular weight excluding hydrogens is 280 g/mol. The van der Waals surface area contributed by atoms with Crippen LogP contribution in [0, 0.1) is 6.92 Å². The van der Waals surface area contributed by atoms with Crippen molar-refractivity contribution in [1.82, 2.24) is 19.3 Å². The maximum atomic E-state index is 6.32. The lowest BCUT2D eigenvalue weighted by Crippen LogP contribution is -2.16. The summed E-state index contributed by atoms with van der Waals surface area (Å²) in [5.74, 6) is 2.01. The number of hydrogen-bond donors (Lipinski definition) is 0. The van der Waals surface area contributed by atoms with Crippen LogP contribution in [-0.4, -0.2) is 31.3 Å². The van der Waals surface area contributed by atoms with E-state index in [0.717, 1.165) is 34.9 Å². The van der Waals surface area contributed by atoms with Crippen molar-refractivity contribution < 1.29 is 0 Å². The Bertz CT molecular complexity index is 573. The number of imidazole rings is 1. The van der Waals surface area contributed by atoms with Gasteiger partial charge in [-0.2, -0.15) is 16.9 Å². The number of hydrogen-bond acceptors (Lipinski definition) is 3. The first kappa shape index (κ1) is 14.7. The molecule has 0 N–H and O–H groups in total. The largest absolute Gasteiger partial charge is 0.308 e. The summed E-state index contributed by atoms with van der Waals surface area (Å²) in [6, 6.07) is 0.408. The normalized spacial score (nSPS) is 15.1. The quantitative estimate of drug-likeness (QED) is 0.790. The molecule has 19 heavy (non-hydrogen) atoms. The molecule has 2 unspecified atom stereocenters. The molecule has 106 valence electrons. The second-order valence-electron chi connectivity index (χ2n) is 4.85. The predicted octanol–water partition coefficient (Wildman–Crippen LogP) is 3.69. The first-order chi connectivity index (χ1) is 9.01. The Kier molecular flexibility index (Phi) is 4.46. The highest BCUT2D eigenvalue weighted by atomic mass is 35.5. The van der Waals surface area contributed by atoms with E-state index >= 15 is 0 Å². The lowest BCUT2D eigenvalue weighted by molar-refractivity contribution is 0.517. The second kappa shape index (κ2) is 5.75.